The fraction of sp³-hybridized carbons (Fsp3) is 0.462. The summed E-state index contributed by atoms with van der Waals surface area (Å²) in [5, 5.41) is 12.7. The molecule has 1 atom stereocenters. The van der Waals surface area contributed by atoms with Crippen molar-refractivity contribution < 1.29 is 9.90 Å². The summed E-state index contributed by atoms with van der Waals surface area (Å²) >= 11 is 6.14. The lowest BCUT2D eigenvalue weighted by Gasteiger charge is -2.20. The highest BCUT2D eigenvalue weighted by atomic mass is 35.5. The van der Waals surface area contributed by atoms with Gasteiger partial charge < -0.3 is 15.3 Å². The SMILES string of the molecule is CCNC(=O)CN(C)c1ccc([C@H](C)O)cc1Cl. The van der Waals surface area contributed by atoms with Gasteiger partial charge in [-0.2, -0.15) is 0 Å². The molecule has 0 spiro atoms. The van der Waals surface area contributed by atoms with E-state index < -0.39 is 6.10 Å². The fourth-order valence-electron chi connectivity index (χ4n) is 1.65. The van der Waals surface area contributed by atoms with Crippen LogP contribution in [0.5, 0.6) is 0 Å². The lowest BCUT2D eigenvalue weighted by molar-refractivity contribution is -0.119. The molecule has 5 heteroatoms. The van der Waals surface area contributed by atoms with Gasteiger partial charge in [-0.15, -0.1) is 0 Å². The summed E-state index contributed by atoms with van der Waals surface area (Å²) in [5.41, 5.74) is 1.53. The molecule has 1 aromatic carbocycles. The number of aliphatic hydroxyl groups excluding tert-OH is 1. The molecule has 1 rings (SSSR count). The summed E-state index contributed by atoms with van der Waals surface area (Å²) in [6, 6.07) is 5.33. The van der Waals surface area contributed by atoms with Gasteiger partial charge in [0.2, 0.25) is 5.91 Å². The molecule has 0 aliphatic rings. The first-order chi connectivity index (χ1) is 8.45. The molecule has 1 aromatic rings. The van der Waals surface area contributed by atoms with Crippen molar-refractivity contribution in [3.05, 3.63) is 28.8 Å². The van der Waals surface area contributed by atoms with E-state index in [1.54, 1.807) is 31.0 Å². The highest BCUT2D eigenvalue weighted by Gasteiger charge is 2.11. The number of carbonyl (C=O) groups is 1. The molecule has 0 saturated carbocycles. The number of likely N-dealkylation sites (N-methyl/N-ethyl adjacent to an activating group) is 2. The number of hydrogen-bond acceptors (Lipinski definition) is 3. The number of nitrogens with zero attached hydrogens (tertiary/aromatic N) is 1. The first-order valence-electron chi connectivity index (χ1n) is 5.91. The van der Waals surface area contributed by atoms with E-state index in [0.29, 0.717) is 11.6 Å². The van der Waals surface area contributed by atoms with E-state index in [1.807, 2.05) is 13.0 Å². The molecule has 18 heavy (non-hydrogen) atoms. The largest absolute Gasteiger partial charge is 0.389 e. The van der Waals surface area contributed by atoms with Gasteiger partial charge in [-0.05, 0) is 31.5 Å². The molecule has 0 saturated heterocycles. The van der Waals surface area contributed by atoms with Gasteiger partial charge in [-0.1, -0.05) is 17.7 Å². The van der Waals surface area contributed by atoms with Gasteiger partial charge in [0.05, 0.1) is 23.4 Å². The summed E-state index contributed by atoms with van der Waals surface area (Å²) in [5.74, 6) is -0.0457. The summed E-state index contributed by atoms with van der Waals surface area (Å²) < 4.78 is 0. The van der Waals surface area contributed by atoms with E-state index in [2.05, 4.69) is 5.32 Å². The highest BCUT2D eigenvalue weighted by Crippen LogP contribution is 2.28. The minimum Gasteiger partial charge on any atom is -0.389 e. The lowest BCUT2D eigenvalue weighted by Crippen LogP contribution is -2.35. The van der Waals surface area contributed by atoms with Crippen LogP contribution in [-0.2, 0) is 4.79 Å². The van der Waals surface area contributed by atoms with E-state index in [0.717, 1.165) is 11.3 Å². The van der Waals surface area contributed by atoms with Crippen molar-refractivity contribution in [3.63, 3.8) is 0 Å². The monoisotopic (exact) mass is 270 g/mol. The predicted molar refractivity (Wildman–Crippen MR) is 74.0 cm³/mol. The Balaban J connectivity index is 2.80. The topological polar surface area (TPSA) is 52.6 Å². The van der Waals surface area contributed by atoms with E-state index in [-0.39, 0.29) is 12.5 Å². The van der Waals surface area contributed by atoms with Crippen molar-refractivity contribution in [2.24, 2.45) is 0 Å². The molecule has 100 valence electrons. The van der Waals surface area contributed by atoms with Gasteiger partial charge in [-0.3, -0.25) is 4.79 Å². The van der Waals surface area contributed by atoms with Crippen LogP contribution in [0.25, 0.3) is 0 Å². The molecule has 0 fully saturated rings. The van der Waals surface area contributed by atoms with Crippen molar-refractivity contribution in [3.8, 4) is 0 Å². The fourth-order valence-corrected chi connectivity index (χ4v) is 1.98. The number of halogens is 1. The molecule has 0 unspecified atom stereocenters. The van der Waals surface area contributed by atoms with Gasteiger partial charge in [0.25, 0.3) is 0 Å². The Hall–Kier alpha value is -1.26. The molecule has 0 radical (unpaired) electrons. The van der Waals surface area contributed by atoms with E-state index in [4.69, 9.17) is 11.6 Å². The van der Waals surface area contributed by atoms with Crippen LogP contribution in [0.1, 0.15) is 25.5 Å². The number of rotatable bonds is 5. The molecule has 0 aromatic heterocycles. The third kappa shape index (κ3) is 3.89. The number of amides is 1. The highest BCUT2D eigenvalue weighted by molar-refractivity contribution is 6.33. The van der Waals surface area contributed by atoms with Gasteiger partial charge >= 0.3 is 0 Å². The standard InChI is InChI=1S/C13H19ClN2O2/c1-4-15-13(18)8-16(3)12-6-5-10(9(2)17)7-11(12)14/h5-7,9,17H,4,8H2,1-3H3,(H,15,18)/t9-/m0/s1. The van der Waals surface area contributed by atoms with Crippen LogP contribution >= 0.6 is 11.6 Å². The molecule has 0 aliphatic carbocycles. The van der Waals surface area contributed by atoms with Crippen LogP contribution in [0.15, 0.2) is 18.2 Å². The first-order valence-corrected chi connectivity index (χ1v) is 6.28. The van der Waals surface area contributed by atoms with Crippen molar-refractivity contribution in [2.75, 3.05) is 25.0 Å². The van der Waals surface area contributed by atoms with E-state index in [1.165, 1.54) is 0 Å². The Bertz CT molecular complexity index is 421. The second kappa shape index (κ2) is 6.61. The van der Waals surface area contributed by atoms with Crippen LogP contribution in [0.4, 0.5) is 5.69 Å². The van der Waals surface area contributed by atoms with Gasteiger partial charge in [-0.25, -0.2) is 0 Å². The molecule has 2 N–H and O–H groups in total. The zero-order valence-electron chi connectivity index (χ0n) is 10.9. The maximum Gasteiger partial charge on any atom is 0.239 e. The average Bonchev–Trinajstić information content (AvgIpc) is 2.28. The zero-order valence-corrected chi connectivity index (χ0v) is 11.7. The second-order valence-corrected chi connectivity index (χ2v) is 4.60. The van der Waals surface area contributed by atoms with Crippen molar-refractivity contribution in [1.82, 2.24) is 5.32 Å². The van der Waals surface area contributed by atoms with Crippen LogP contribution < -0.4 is 10.2 Å². The maximum atomic E-state index is 11.5. The van der Waals surface area contributed by atoms with E-state index in [9.17, 15) is 9.90 Å². The van der Waals surface area contributed by atoms with Crippen molar-refractivity contribution in [2.45, 2.75) is 20.0 Å². The molecule has 0 aliphatic heterocycles. The molecule has 0 bridgehead atoms. The molecule has 0 heterocycles. The number of benzene rings is 1. The number of anilines is 1. The number of hydrogen-bond donors (Lipinski definition) is 2. The normalized spacial score (nSPS) is 12.1. The third-order valence-electron chi connectivity index (χ3n) is 2.62. The van der Waals surface area contributed by atoms with Crippen LogP contribution in [0.3, 0.4) is 0 Å². The van der Waals surface area contributed by atoms with Crippen LogP contribution in [0.2, 0.25) is 5.02 Å². The van der Waals surface area contributed by atoms with Gasteiger partial charge in [0.15, 0.2) is 0 Å². The summed E-state index contributed by atoms with van der Waals surface area (Å²) in [6.07, 6.45) is -0.551. The molecular formula is C13H19ClN2O2. The maximum absolute atomic E-state index is 11.5. The molecular weight excluding hydrogens is 252 g/mol. The van der Waals surface area contributed by atoms with Crippen LogP contribution in [-0.4, -0.2) is 31.2 Å². The predicted octanol–water partition coefficient (Wildman–Crippen LogP) is 1.97. The van der Waals surface area contributed by atoms with Crippen LogP contribution in [0, 0.1) is 0 Å². The minimum absolute atomic E-state index is 0.0457. The first kappa shape index (κ1) is 14.8. The Morgan fingerprint density at radius 3 is 2.72 bits per heavy atom. The van der Waals surface area contributed by atoms with Gasteiger partial charge in [0.1, 0.15) is 0 Å². The van der Waals surface area contributed by atoms with Gasteiger partial charge in [0, 0.05) is 13.6 Å². The number of aliphatic hydroxyl groups is 1. The Labute approximate surface area is 113 Å². The quantitative estimate of drug-likeness (QED) is 0.860. The molecule has 1 amide bonds. The third-order valence-corrected chi connectivity index (χ3v) is 2.92. The molecule has 4 nitrogen and oxygen atoms in total. The summed E-state index contributed by atoms with van der Waals surface area (Å²) in [4.78, 5) is 13.3. The van der Waals surface area contributed by atoms with E-state index >= 15 is 0 Å². The van der Waals surface area contributed by atoms with Crippen molar-refractivity contribution >= 4 is 23.2 Å². The zero-order chi connectivity index (χ0) is 13.7. The van der Waals surface area contributed by atoms with Crippen molar-refractivity contribution in [1.29, 1.82) is 0 Å². The Kier molecular flexibility index (Phi) is 5.44. The summed E-state index contributed by atoms with van der Waals surface area (Å²) in [7, 11) is 1.80. The summed E-state index contributed by atoms with van der Waals surface area (Å²) in [6.45, 7) is 4.43. The second-order valence-electron chi connectivity index (χ2n) is 4.20. The smallest absolute Gasteiger partial charge is 0.239 e. The minimum atomic E-state index is -0.551. The Morgan fingerprint density at radius 1 is 1.56 bits per heavy atom. The Morgan fingerprint density at radius 2 is 2.22 bits per heavy atom. The number of nitrogens with one attached hydrogen (secondary N) is 1. The lowest BCUT2D eigenvalue weighted by atomic mass is 10.1. The average molecular weight is 271 g/mol. The number of carbonyl (C=O) groups excluding carboxylic acids is 1.